The van der Waals surface area contributed by atoms with Crippen molar-refractivity contribution in [2.75, 3.05) is 12.8 Å². The van der Waals surface area contributed by atoms with Gasteiger partial charge < -0.3 is 5.32 Å². The maximum Gasteiger partial charge on any atom is 0.175 e. The molecule has 1 N–H and O–H groups in total. The number of benzene rings is 1. The predicted octanol–water partition coefficient (Wildman–Crippen LogP) is 2.37. The van der Waals surface area contributed by atoms with Gasteiger partial charge in [0.1, 0.15) is 0 Å². The summed E-state index contributed by atoms with van der Waals surface area (Å²) in [5.74, 6) is 0.652. The first-order valence-electron chi connectivity index (χ1n) is 6.77. The molecule has 0 aliphatic heterocycles. The second-order valence-electron chi connectivity index (χ2n) is 6.18. The lowest BCUT2D eigenvalue weighted by molar-refractivity contribution is 0.528. The third-order valence-corrected chi connectivity index (χ3v) is 5.25. The number of rotatable bonds is 5. The van der Waals surface area contributed by atoms with Crippen LogP contribution in [0.25, 0.3) is 0 Å². The van der Waals surface area contributed by atoms with Crippen LogP contribution >= 0.6 is 0 Å². The summed E-state index contributed by atoms with van der Waals surface area (Å²) >= 11 is 0. The average Bonchev–Trinajstić information content (AvgIpc) is 2.98. The van der Waals surface area contributed by atoms with E-state index in [1.807, 2.05) is 12.1 Å². The summed E-state index contributed by atoms with van der Waals surface area (Å²) in [6.45, 7) is 7.60. The molecule has 0 bridgehead atoms. The average molecular weight is 281 g/mol. The van der Waals surface area contributed by atoms with Crippen LogP contribution in [0.5, 0.6) is 0 Å². The number of hydrogen-bond acceptors (Lipinski definition) is 3. The second-order valence-corrected chi connectivity index (χ2v) is 8.19. The van der Waals surface area contributed by atoms with Crippen molar-refractivity contribution in [2.24, 2.45) is 5.92 Å². The van der Waals surface area contributed by atoms with Gasteiger partial charge in [-0.1, -0.05) is 32.9 Å². The second kappa shape index (κ2) is 4.91. The third-order valence-electron chi connectivity index (χ3n) is 4.13. The first-order chi connectivity index (χ1) is 8.73. The molecule has 1 aliphatic rings. The molecule has 0 spiro atoms. The van der Waals surface area contributed by atoms with Crippen LogP contribution in [0.1, 0.15) is 32.8 Å². The molecule has 1 saturated carbocycles. The molecule has 0 radical (unpaired) electrons. The van der Waals surface area contributed by atoms with Crippen LogP contribution in [0.15, 0.2) is 29.2 Å². The molecular formula is C15H23NO2S. The summed E-state index contributed by atoms with van der Waals surface area (Å²) in [7, 11) is -3.09. The molecule has 19 heavy (non-hydrogen) atoms. The quantitative estimate of drug-likeness (QED) is 0.901. The van der Waals surface area contributed by atoms with Crippen molar-refractivity contribution in [3.8, 4) is 0 Å². The molecular weight excluding hydrogens is 258 g/mol. The highest BCUT2D eigenvalue weighted by molar-refractivity contribution is 7.90. The first kappa shape index (κ1) is 14.5. The predicted molar refractivity (Wildman–Crippen MR) is 78.1 cm³/mol. The summed E-state index contributed by atoms with van der Waals surface area (Å²) in [4.78, 5) is 0.400. The number of hydrogen-bond donors (Lipinski definition) is 1. The maximum absolute atomic E-state index is 11.4. The Kier molecular flexibility index (Phi) is 3.76. The van der Waals surface area contributed by atoms with Gasteiger partial charge in [-0.2, -0.15) is 0 Å². The van der Waals surface area contributed by atoms with E-state index < -0.39 is 9.84 Å². The van der Waals surface area contributed by atoms with E-state index in [2.05, 4.69) is 26.1 Å². The summed E-state index contributed by atoms with van der Waals surface area (Å²) in [5, 5.41) is 3.47. The Morgan fingerprint density at radius 2 is 1.89 bits per heavy atom. The van der Waals surface area contributed by atoms with Crippen LogP contribution in [0.2, 0.25) is 0 Å². The fourth-order valence-electron chi connectivity index (χ4n) is 2.56. The highest BCUT2D eigenvalue weighted by Crippen LogP contribution is 2.53. The van der Waals surface area contributed by atoms with E-state index in [1.54, 1.807) is 12.1 Å². The minimum Gasteiger partial charge on any atom is -0.314 e. The Morgan fingerprint density at radius 3 is 2.37 bits per heavy atom. The van der Waals surface area contributed by atoms with E-state index in [4.69, 9.17) is 0 Å². The molecule has 1 aromatic carbocycles. The van der Waals surface area contributed by atoms with E-state index in [0.717, 1.165) is 6.54 Å². The smallest absolute Gasteiger partial charge is 0.175 e. The highest BCUT2D eigenvalue weighted by atomic mass is 32.2. The van der Waals surface area contributed by atoms with Crippen molar-refractivity contribution < 1.29 is 8.42 Å². The van der Waals surface area contributed by atoms with Crippen LogP contribution < -0.4 is 5.32 Å². The van der Waals surface area contributed by atoms with Crippen molar-refractivity contribution in [3.63, 3.8) is 0 Å². The Labute approximate surface area is 116 Å². The standard InChI is InChI=1S/C15H23NO2S/c1-11(2)16-10-13-9-15(13,3)12-5-7-14(8-6-12)19(4,17)18/h5-8,11,13,16H,9-10H2,1-4H3. The van der Waals surface area contributed by atoms with Crippen molar-refractivity contribution in [1.29, 1.82) is 0 Å². The Balaban J connectivity index is 2.08. The molecule has 1 fully saturated rings. The summed E-state index contributed by atoms with van der Waals surface area (Å²) < 4.78 is 22.9. The monoisotopic (exact) mass is 281 g/mol. The van der Waals surface area contributed by atoms with Crippen molar-refractivity contribution in [1.82, 2.24) is 5.32 Å². The molecule has 0 amide bonds. The molecule has 1 aromatic rings. The molecule has 3 nitrogen and oxygen atoms in total. The third kappa shape index (κ3) is 3.18. The summed E-state index contributed by atoms with van der Waals surface area (Å²) in [6.07, 6.45) is 2.42. The molecule has 2 unspecified atom stereocenters. The molecule has 2 rings (SSSR count). The number of nitrogens with one attached hydrogen (secondary N) is 1. The molecule has 4 heteroatoms. The highest BCUT2D eigenvalue weighted by Gasteiger charge is 2.50. The van der Waals surface area contributed by atoms with Gasteiger partial charge >= 0.3 is 0 Å². The van der Waals surface area contributed by atoms with Crippen LogP contribution in [-0.4, -0.2) is 27.3 Å². The normalized spacial score (nSPS) is 26.7. The van der Waals surface area contributed by atoms with Crippen LogP contribution in [-0.2, 0) is 15.3 Å². The lowest BCUT2D eigenvalue weighted by atomic mass is 9.95. The van der Waals surface area contributed by atoms with Crippen molar-refractivity contribution in [3.05, 3.63) is 29.8 Å². The van der Waals surface area contributed by atoms with Gasteiger partial charge in [-0.05, 0) is 42.0 Å². The van der Waals surface area contributed by atoms with Crippen LogP contribution in [0.3, 0.4) is 0 Å². The fourth-order valence-corrected chi connectivity index (χ4v) is 3.20. The minimum atomic E-state index is -3.09. The van der Waals surface area contributed by atoms with Gasteiger partial charge in [0.15, 0.2) is 9.84 Å². The van der Waals surface area contributed by atoms with Gasteiger partial charge in [-0.15, -0.1) is 0 Å². The van der Waals surface area contributed by atoms with E-state index in [0.29, 0.717) is 16.9 Å². The van der Waals surface area contributed by atoms with Gasteiger partial charge in [0.05, 0.1) is 4.90 Å². The summed E-state index contributed by atoms with van der Waals surface area (Å²) in [6, 6.07) is 7.89. The Bertz CT molecular complexity index is 548. The topological polar surface area (TPSA) is 46.2 Å². The van der Waals surface area contributed by atoms with E-state index in [-0.39, 0.29) is 5.41 Å². The zero-order valence-electron chi connectivity index (χ0n) is 12.1. The molecule has 0 heterocycles. The largest absolute Gasteiger partial charge is 0.314 e. The molecule has 1 aliphatic carbocycles. The first-order valence-corrected chi connectivity index (χ1v) is 8.66. The SMILES string of the molecule is CC(C)NCC1CC1(C)c1ccc(S(C)(=O)=O)cc1. The molecule has 0 aromatic heterocycles. The van der Waals surface area contributed by atoms with Crippen molar-refractivity contribution in [2.45, 2.75) is 43.5 Å². The van der Waals surface area contributed by atoms with E-state index >= 15 is 0 Å². The maximum atomic E-state index is 11.4. The van der Waals surface area contributed by atoms with Gasteiger partial charge in [0.2, 0.25) is 0 Å². The van der Waals surface area contributed by atoms with E-state index in [9.17, 15) is 8.42 Å². The van der Waals surface area contributed by atoms with Gasteiger partial charge in [-0.3, -0.25) is 0 Å². The summed E-state index contributed by atoms with van der Waals surface area (Å²) in [5.41, 5.74) is 1.45. The Morgan fingerprint density at radius 1 is 1.32 bits per heavy atom. The Hall–Kier alpha value is -0.870. The van der Waals surface area contributed by atoms with Crippen LogP contribution in [0, 0.1) is 5.92 Å². The van der Waals surface area contributed by atoms with E-state index in [1.165, 1.54) is 18.2 Å². The lowest BCUT2D eigenvalue weighted by Gasteiger charge is -2.14. The molecule has 0 saturated heterocycles. The van der Waals surface area contributed by atoms with Gasteiger partial charge in [0, 0.05) is 12.3 Å². The lowest BCUT2D eigenvalue weighted by Crippen LogP contribution is -2.26. The minimum absolute atomic E-state index is 0.206. The van der Waals surface area contributed by atoms with Gasteiger partial charge in [-0.25, -0.2) is 8.42 Å². The molecule has 106 valence electrons. The zero-order chi connectivity index (χ0) is 14.3. The van der Waals surface area contributed by atoms with Crippen molar-refractivity contribution >= 4 is 9.84 Å². The number of sulfone groups is 1. The van der Waals surface area contributed by atoms with Crippen LogP contribution in [0.4, 0.5) is 0 Å². The fraction of sp³-hybridized carbons (Fsp3) is 0.600. The molecule has 2 atom stereocenters. The van der Waals surface area contributed by atoms with Gasteiger partial charge in [0.25, 0.3) is 0 Å². The zero-order valence-corrected chi connectivity index (χ0v) is 12.9.